The third-order valence-corrected chi connectivity index (χ3v) is 5.97. The Bertz CT molecular complexity index is 989. The van der Waals surface area contributed by atoms with E-state index in [4.69, 9.17) is 4.74 Å². The zero-order valence-electron chi connectivity index (χ0n) is 15.2. The highest BCUT2D eigenvalue weighted by Gasteiger charge is 2.12. The molecule has 4 nitrogen and oxygen atoms in total. The van der Waals surface area contributed by atoms with Crippen LogP contribution in [0.1, 0.15) is 22.8 Å². The molecule has 1 amide bonds. The van der Waals surface area contributed by atoms with E-state index in [9.17, 15) is 4.79 Å². The Labute approximate surface area is 161 Å². The molecular formula is C20H22N2O2S2. The van der Waals surface area contributed by atoms with Crippen molar-refractivity contribution in [2.45, 2.75) is 25.3 Å². The number of nitrogens with zero attached hydrogens (tertiary/aromatic N) is 2. The number of fused-ring (bicyclic) bond motifs is 1. The molecule has 0 saturated carbocycles. The molecule has 0 radical (unpaired) electrons. The molecular weight excluding hydrogens is 364 g/mol. The van der Waals surface area contributed by atoms with Crippen molar-refractivity contribution >= 4 is 39.2 Å². The number of amides is 1. The topological polar surface area (TPSA) is 43.6 Å². The second-order valence-corrected chi connectivity index (χ2v) is 8.16. The van der Waals surface area contributed by atoms with E-state index < -0.39 is 0 Å². The molecule has 0 N–H and O–H groups in total. The van der Waals surface area contributed by atoms with Gasteiger partial charge in [0, 0.05) is 18.6 Å². The van der Waals surface area contributed by atoms with Gasteiger partial charge in [-0.05, 0) is 42.5 Å². The number of aryl methyl sites for hydroxylation is 1. The van der Waals surface area contributed by atoms with Gasteiger partial charge in [0.1, 0.15) is 0 Å². The maximum absolute atomic E-state index is 12.9. The number of carbonyl (C=O) groups is 1. The highest BCUT2D eigenvalue weighted by molar-refractivity contribution is 7.99. The first kappa shape index (κ1) is 18.9. The fourth-order valence-electron chi connectivity index (χ4n) is 2.74. The van der Waals surface area contributed by atoms with Crippen LogP contribution in [0.2, 0.25) is 0 Å². The first-order valence-corrected chi connectivity index (χ1v) is 10.3. The molecule has 0 aliphatic heterocycles. The first-order chi connectivity index (χ1) is 12.6. The molecule has 2 aromatic carbocycles. The van der Waals surface area contributed by atoms with E-state index in [1.807, 2.05) is 24.3 Å². The van der Waals surface area contributed by atoms with Gasteiger partial charge < -0.3 is 9.30 Å². The maximum Gasteiger partial charge on any atom is 0.280 e. The largest absolute Gasteiger partial charge is 0.383 e. The van der Waals surface area contributed by atoms with E-state index >= 15 is 0 Å². The van der Waals surface area contributed by atoms with Crippen molar-refractivity contribution in [2.24, 2.45) is 4.99 Å². The Morgan fingerprint density at radius 3 is 2.85 bits per heavy atom. The summed E-state index contributed by atoms with van der Waals surface area (Å²) in [4.78, 5) is 19.0. The highest BCUT2D eigenvalue weighted by atomic mass is 32.2. The quantitative estimate of drug-likeness (QED) is 0.586. The Balaban J connectivity index is 2.10. The van der Waals surface area contributed by atoms with Crippen molar-refractivity contribution in [2.75, 3.05) is 19.5 Å². The second-order valence-electron chi connectivity index (χ2n) is 5.85. The predicted molar refractivity (Wildman–Crippen MR) is 109 cm³/mol. The third-order valence-electron chi connectivity index (χ3n) is 3.97. The predicted octanol–water partition coefficient (Wildman–Crippen LogP) is 4.51. The van der Waals surface area contributed by atoms with Crippen LogP contribution in [-0.4, -0.2) is 29.9 Å². The number of thioether (sulfide) groups is 1. The van der Waals surface area contributed by atoms with Crippen LogP contribution in [-0.2, 0) is 11.3 Å². The number of rotatable bonds is 6. The average Bonchev–Trinajstić information content (AvgIpc) is 2.96. The normalized spacial score (nSPS) is 12.0. The number of thiazole rings is 1. The lowest BCUT2D eigenvalue weighted by atomic mass is 10.2. The van der Waals surface area contributed by atoms with Crippen molar-refractivity contribution in [1.82, 2.24) is 4.57 Å². The summed E-state index contributed by atoms with van der Waals surface area (Å²) in [5, 5.41) is 0. The van der Waals surface area contributed by atoms with Gasteiger partial charge in [0.15, 0.2) is 4.80 Å². The van der Waals surface area contributed by atoms with Crippen LogP contribution in [0, 0.1) is 6.92 Å². The van der Waals surface area contributed by atoms with Gasteiger partial charge in [-0.2, -0.15) is 4.99 Å². The Kier molecular flexibility index (Phi) is 6.29. The summed E-state index contributed by atoms with van der Waals surface area (Å²) in [7, 11) is 1.68. The van der Waals surface area contributed by atoms with E-state index in [0.717, 1.165) is 20.9 Å². The Hall–Kier alpha value is -1.89. The summed E-state index contributed by atoms with van der Waals surface area (Å²) >= 11 is 3.21. The molecule has 0 bridgehead atoms. The van der Waals surface area contributed by atoms with Crippen LogP contribution in [0.3, 0.4) is 0 Å². The lowest BCUT2D eigenvalue weighted by Crippen LogP contribution is -2.19. The summed E-state index contributed by atoms with van der Waals surface area (Å²) in [6.45, 7) is 5.38. The van der Waals surface area contributed by atoms with Gasteiger partial charge in [-0.25, -0.2) is 0 Å². The van der Waals surface area contributed by atoms with Gasteiger partial charge in [-0.15, -0.1) is 11.8 Å². The van der Waals surface area contributed by atoms with Gasteiger partial charge in [0.05, 0.1) is 22.4 Å². The molecule has 6 heteroatoms. The van der Waals surface area contributed by atoms with E-state index in [-0.39, 0.29) is 5.91 Å². The summed E-state index contributed by atoms with van der Waals surface area (Å²) in [5.74, 6) is 0.719. The van der Waals surface area contributed by atoms with Crippen molar-refractivity contribution in [3.8, 4) is 0 Å². The Morgan fingerprint density at radius 2 is 2.08 bits per heavy atom. The van der Waals surface area contributed by atoms with Crippen LogP contribution >= 0.6 is 23.1 Å². The minimum Gasteiger partial charge on any atom is -0.383 e. The lowest BCUT2D eigenvalue weighted by molar-refractivity contribution is 0.0994. The van der Waals surface area contributed by atoms with Crippen LogP contribution < -0.4 is 4.80 Å². The van der Waals surface area contributed by atoms with Crippen LogP contribution in [0.5, 0.6) is 0 Å². The van der Waals surface area contributed by atoms with Gasteiger partial charge in [0.2, 0.25) is 0 Å². The summed E-state index contributed by atoms with van der Waals surface area (Å²) < 4.78 is 8.43. The van der Waals surface area contributed by atoms with Crippen molar-refractivity contribution in [1.29, 1.82) is 0 Å². The molecule has 1 aromatic heterocycles. The van der Waals surface area contributed by atoms with Crippen molar-refractivity contribution in [3.05, 3.63) is 58.4 Å². The number of benzene rings is 2. The number of carbonyl (C=O) groups excluding carboxylic acids is 1. The van der Waals surface area contributed by atoms with Crippen molar-refractivity contribution in [3.63, 3.8) is 0 Å². The molecule has 0 fully saturated rings. The molecule has 0 aliphatic rings. The highest BCUT2D eigenvalue weighted by Crippen LogP contribution is 2.23. The zero-order chi connectivity index (χ0) is 18.5. The van der Waals surface area contributed by atoms with Gasteiger partial charge >= 0.3 is 0 Å². The molecule has 3 rings (SSSR count). The van der Waals surface area contributed by atoms with E-state index in [0.29, 0.717) is 23.5 Å². The minimum atomic E-state index is -0.198. The molecule has 136 valence electrons. The lowest BCUT2D eigenvalue weighted by Gasteiger charge is -2.06. The molecule has 0 spiro atoms. The molecule has 0 atom stereocenters. The molecule has 1 heterocycles. The molecule has 0 unspecified atom stereocenters. The number of methoxy groups -OCH3 is 1. The van der Waals surface area contributed by atoms with Gasteiger partial charge in [0.25, 0.3) is 5.91 Å². The molecule has 3 aromatic rings. The molecule has 0 saturated heterocycles. The number of ether oxygens (including phenoxy) is 1. The zero-order valence-corrected chi connectivity index (χ0v) is 16.8. The van der Waals surface area contributed by atoms with Gasteiger partial charge in [-0.3, -0.25) is 4.79 Å². The van der Waals surface area contributed by atoms with E-state index in [1.54, 1.807) is 30.2 Å². The number of hydrogen-bond acceptors (Lipinski definition) is 4. The fourth-order valence-corrected chi connectivity index (χ4v) is 4.69. The Morgan fingerprint density at radius 1 is 1.27 bits per heavy atom. The fraction of sp³-hybridized carbons (Fsp3) is 0.300. The number of aromatic nitrogens is 1. The smallest absolute Gasteiger partial charge is 0.280 e. The monoisotopic (exact) mass is 386 g/mol. The minimum absolute atomic E-state index is 0.198. The van der Waals surface area contributed by atoms with E-state index in [2.05, 4.69) is 41.6 Å². The summed E-state index contributed by atoms with van der Waals surface area (Å²) in [6.07, 6.45) is 0. The first-order valence-electron chi connectivity index (χ1n) is 8.54. The average molecular weight is 387 g/mol. The van der Waals surface area contributed by atoms with Crippen LogP contribution in [0.15, 0.2) is 52.4 Å². The third kappa shape index (κ3) is 4.09. The van der Waals surface area contributed by atoms with Crippen LogP contribution in [0.4, 0.5) is 0 Å². The SMILES string of the molecule is CCSc1ccccc1C(=O)N=c1sc2cc(C)ccc2n1CCOC. The maximum atomic E-state index is 12.9. The molecule has 26 heavy (non-hydrogen) atoms. The number of hydrogen-bond donors (Lipinski definition) is 0. The van der Waals surface area contributed by atoms with E-state index in [1.165, 1.54) is 5.56 Å². The molecule has 0 aliphatic carbocycles. The summed E-state index contributed by atoms with van der Waals surface area (Å²) in [5.41, 5.74) is 2.94. The van der Waals surface area contributed by atoms with Gasteiger partial charge in [-0.1, -0.05) is 36.5 Å². The standard InChI is InChI=1S/C20H22N2O2S2/c1-4-25-17-8-6-5-7-15(17)19(23)21-20-22(11-12-24-3)16-10-9-14(2)13-18(16)26-20/h5-10,13H,4,11-12H2,1-3H3. The summed E-state index contributed by atoms with van der Waals surface area (Å²) in [6, 6.07) is 14.0. The second kappa shape index (κ2) is 8.66. The van der Waals surface area contributed by atoms with Crippen LogP contribution in [0.25, 0.3) is 10.2 Å². The van der Waals surface area contributed by atoms with Crippen molar-refractivity contribution < 1.29 is 9.53 Å².